The highest BCUT2D eigenvalue weighted by Crippen LogP contribution is 2.16. The number of amides is 1. The fourth-order valence-electron chi connectivity index (χ4n) is 1.11. The quantitative estimate of drug-likeness (QED) is 0.830. The first kappa shape index (κ1) is 12.3. The van der Waals surface area contributed by atoms with Crippen LogP contribution in [-0.2, 0) is 4.79 Å². The number of hydrogen-bond donors (Lipinski definition) is 1. The molecule has 0 saturated heterocycles. The molecule has 0 fully saturated rings. The second kappa shape index (κ2) is 5.94. The van der Waals surface area contributed by atoms with Crippen molar-refractivity contribution in [3.63, 3.8) is 0 Å². The summed E-state index contributed by atoms with van der Waals surface area (Å²) in [7, 11) is 0. The molecular weight excluding hydrogens is 322 g/mol. The fourth-order valence-corrected chi connectivity index (χ4v) is 1.55. The van der Waals surface area contributed by atoms with E-state index in [1.807, 2.05) is 31.2 Å². The Morgan fingerprint density at radius 3 is 2.53 bits per heavy atom. The lowest BCUT2D eigenvalue weighted by Crippen LogP contribution is -2.24. The Kier molecular flexibility index (Phi) is 4.86. The summed E-state index contributed by atoms with van der Waals surface area (Å²) in [6.45, 7) is 1.91. The van der Waals surface area contributed by atoms with Crippen LogP contribution in [0.4, 0.5) is 0 Å². The van der Waals surface area contributed by atoms with Crippen molar-refractivity contribution in [3.8, 4) is 10.8 Å². The Hall–Kier alpha value is -0.790. The van der Waals surface area contributed by atoms with Crippen LogP contribution in [0.3, 0.4) is 0 Å². The van der Waals surface area contributed by atoms with Gasteiger partial charge in [-0.05, 0) is 29.4 Å². The number of hydrogen-bond acceptors (Lipinski definition) is 1. The van der Waals surface area contributed by atoms with Gasteiger partial charge in [-0.25, -0.2) is 0 Å². The van der Waals surface area contributed by atoms with Gasteiger partial charge in [0.15, 0.2) is 0 Å². The van der Waals surface area contributed by atoms with Gasteiger partial charge in [0, 0.05) is 26.3 Å². The molecule has 1 N–H and O–H groups in total. The molecule has 1 rings (SSSR count). The number of carbonyl (C=O) groups excluding carboxylic acids is 1. The van der Waals surface area contributed by atoms with Crippen molar-refractivity contribution in [1.29, 1.82) is 0 Å². The summed E-state index contributed by atoms with van der Waals surface area (Å²) < 4.78 is 1.02. The summed E-state index contributed by atoms with van der Waals surface area (Å²) >= 11 is 6.23. The number of carbonyl (C=O) groups is 1. The Balaban J connectivity index is 2.67. The zero-order valence-electron chi connectivity index (χ0n) is 8.05. The molecule has 2 nitrogen and oxygen atoms in total. The van der Waals surface area contributed by atoms with Gasteiger partial charge >= 0.3 is 0 Å². The summed E-state index contributed by atoms with van der Waals surface area (Å²) in [5.74, 6) is 2.08. The molecule has 78 valence electrons. The third kappa shape index (κ3) is 4.06. The van der Waals surface area contributed by atoms with E-state index in [-0.39, 0.29) is 11.9 Å². The lowest BCUT2D eigenvalue weighted by Gasteiger charge is -2.11. The first-order valence-corrected chi connectivity index (χ1v) is 5.89. The second-order valence-corrected chi connectivity index (χ2v) is 4.28. The molecular formula is C11H9Br2NO. The van der Waals surface area contributed by atoms with Crippen LogP contribution in [0, 0.1) is 10.8 Å². The monoisotopic (exact) mass is 329 g/mol. The van der Waals surface area contributed by atoms with Crippen LogP contribution in [0.1, 0.15) is 18.5 Å². The minimum absolute atomic E-state index is 0.0426. The van der Waals surface area contributed by atoms with E-state index < -0.39 is 0 Å². The molecule has 0 aromatic heterocycles. The van der Waals surface area contributed by atoms with Crippen LogP contribution in [0.25, 0.3) is 0 Å². The van der Waals surface area contributed by atoms with Crippen LogP contribution in [0.2, 0.25) is 0 Å². The van der Waals surface area contributed by atoms with E-state index in [2.05, 4.69) is 47.9 Å². The Bertz CT molecular complexity index is 403. The standard InChI is InChI=1S/C11H9Br2NO/c1-8(14-11(15)6-7-12)9-2-4-10(13)5-3-9/h2-5,8H,1H3,(H,14,15)/t8-/m0/s1. The van der Waals surface area contributed by atoms with Crippen LogP contribution in [0.15, 0.2) is 28.7 Å². The normalized spacial score (nSPS) is 11.1. The smallest absolute Gasteiger partial charge is 0.297 e. The minimum Gasteiger partial charge on any atom is -0.339 e. The predicted molar refractivity (Wildman–Crippen MR) is 67.4 cm³/mol. The third-order valence-electron chi connectivity index (χ3n) is 1.88. The number of rotatable bonds is 2. The van der Waals surface area contributed by atoms with E-state index in [1.165, 1.54) is 0 Å². The lowest BCUT2D eigenvalue weighted by molar-refractivity contribution is -0.116. The summed E-state index contributed by atoms with van der Waals surface area (Å²) in [5.41, 5.74) is 1.04. The zero-order chi connectivity index (χ0) is 11.3. The van der Waals surface area contributed by atoms with Crippen molar-refractivity contribution >= 4 is 37.8 Å². The van der Waals surface area contributed by atoms with Crippen molar-refractivity contribution in [1.82, 2.24) is 5.32 Å². The van der Waals surface area contributed by atoms with Gasteiger partial charge in [-0.2, -0.15) is 0 Å². The molecule has 4 heteroatoms. The van der Waals surface area contributed by atoms with Crippen LogP contribution >= 0.6 is 31.9 Å². The lowest BCUT2D eigenvalue weighted by atomic mass is 10.1. The van der Waals surface area contributed by atoms with Crippen LogP contribution in [0.5, 0.6) is 0 Å². The Morgan fingerprint density at radius 1 is 1.40 bits per heavy atom. The molecule has 0 aliphatic rings. The fraction of sp³-hybridized carbons (Fsp3) is 0.182. The van der Waals surface area contributed by atoms with Crippen molar-refractivity contribution < 1.29 is 4.79 Å². The Labute approximate surface area is 106 Å². The van der Waals surface area contributed by atoms with E-state index >= 15 is 0 Å². The summed E-state index contributed by atoms with van der Waals surface area (Å²) in [6.07, 6.45) is 0. The highest BCUT2D eigenvalue weighted by molar-refractivity contribution is 9.12. The minimum atomic E-state index is -0.290. The van der Waals surface area contributed by atoms with E-state index in [9.17, 15) is 4.79 Å². The molecule has 1 aromatic carbocycles. The molecule has 0 spiro atoms. The van der Waals surface area contributed by atoms with Crippen molar-refractivity contribution in [2.45, 2.75) is 13.0 Å². The zero-order valence-corrected chi connectivity index (χ0v) is 11.2. The van der Waals surface area contributed by atoms with Gasteiger partial charge in [-0.3, -0.25) is 4.79 Å². The van der Waals surface area contributed by atoms with Crippen LogP contribution in [-0.4, -0.2) is 5.91 Å². The topological polar surface area (TPSA) is 29.1 Å². The molecule has 0 saturated carbocycles. The van der Waals surface area contributed by atoms with Gasteiger partial charge in [0.05, 0.1) is 6.04 Å². The van der Waals surface area contributed by atoms with Gasteiger partial charge in [0.1, 0.15) is 0 Å². The molecule has 0 bridgehead atoms. The Morgan fingerprint density at radius 2 is 2.00 bits per heavy atom. The van der Waals surface area contributed by atoms with Gasteiger partial charge < -0.3 is 5.32 Å². The summed E-state index contributed by atoms with van der Waals surface area (Å²) in [6, 6.07) is 7.74. The molecule has 0 unspecified atom stereocenters. The number of benzene rings is 1. The van der Waals surface area contributed by atoms with E-state index in [0.29, 0.717) is 0 Å². The van der Waals surface area contributed by atoms with Gasteiger partial charge in [-0.1, -0.05) is 28.1 Å². The molecule has 0 radical (unpaired) electrons. The molecule has 0 heterocycles. The van der Waals surface area contributed by atoms with E-state index in [1.54, 1.807) is 0 Å². The molecule has 1 aromatic rings. The average Bonchev–Trinajstić information content (AvgIpc) is 2.18. The maximum absolute atomic E-state index is 11.2. The van der Waals surface area contributed by atoms with E-state index in [4.69, 9.17) is 0 Å². The highest BCUT2D eigenvalue weighted by atomic mass is 79.9. The highest BCUT2D eigenvalue weighted by Gasteiger charge is 2.06. The first-order valence-electron chi connectivity index (χ1n) is 4.31. The van der Waals surface area contributed by atoms with Crippen LogP contribution < -0.4 is 5.32 Å². The predicted octanol–water partition coefficient (Wildman–Crippen LogP) is 2.98. The average molecular weight is 331 g/mol. The van der Waals surface area contributed by atoms with Gasteiger partial charge in [-0.15, -0.1) is 0 Å². The summed E-state index contributed by atoms with van der Waals surface area (Å²) in [5, 5.41) is 2.76. The van der Waals surface area contributed by atoms with Crippen molar-refractivity contribution in [2.24, 2.45) is 0 Å². The van der Waals surface area contributed by atoms with E-state index in [0.717, 1.165) is 10.0 Å². The molecule has 0 aliphatic heterocycles. The second-order valence-electron chi connectivity index (χ2n) is 2.97. The van der Waals surface area contributed by atoms with Gasteiger partial charge in [0.2, 0.25) is 0 Å². The third-order valence-corrected chi connectivity index (χ3v) is 2.61. The molecule has 1 atom stereocenters. The SMILES string of the molecule is C[C@H](NC(=O)C#CBr)c1ccc(Br)cc1. The number of halogens is 2. The van der Waals surface area contributed by atoms with Gasteiger partial charge in [0.25, 0.3) is 5.91 Å². The molecule has 0 aliphatic carbocycles. The molecule has 1 amide bonds. The van der Waals surface area contributed by atoms with Crippen molar-refractivity contribution in [2.75, 3.05) is 0 Å². The first-order chi connectivity index (χ1) is 7.13. The largest absolute Gasteiger partial charge is 0.339 e. The number of nitrogens with one attached hydrogen (secondary N) is 1. The molecule has 15 heavy (non-hydrogen) atoms. The summed E-state index contributed by atoms with van der Waals surface area (Å²) in [4.78, 5) is 13.5. The van der Waals surface area contributed by atoms with Crippen molar-refractivity contribution in [3.05, 3.63) is 34.3 Å². The maximum Gasteiger partial charge on any atom is 0.297 e. The maximum atomic E-state index is 11.2.